The fraction of sp³-hybridized carbons (Fsp3) is 0.857. The third-order valence-corrected chi connectivity index (χ3v) is 1.55. The van der Waals surface area contributed by atoms with Crippen LogP contribution in [0.15, 0.2) is 4.99 Å². The van der Waals surface area contributed by atoms with Gasteiger partial charge in [0, 0.05) is 20.6 Å². The van der Waals surface area contributed by atoms with E-state index in [4.69, 9.17) is 5.84 Å². The Balaban J connectivity index is 3.70. The number of hydrogen-bond acceptors (Lipinski definition) is 2. The Labute approximate surface area is 68.4 Å². The molecule has 0 aliphatic heterocycles. The minimum absolute atomic E-state index is 0.735. The van der Waals surface area contributed by atoms with Crippen LogP contribution in [0.3, 0.4) is 0 Å². The molecule has 0 aromatic rings. The molecule has 0 bridgehead atoms. The molecule has 0 saturated carbocycles. The van der Waals surface area contributed by atoms with Gasteiger partial charge < -0.3 is 4.90 Å². The molecule has 0 saturated heterocycles. The van der Waals surface area contributed by atoms with Crippen LogP contribution in [0.5, 0.6) is 0 Å². The lowest BCUT2D eigenvalue weighted by Gasteiger charge is -2.19. The second kappa shape index (κ2) is 5.97. The average molecular weight is 158 g/mol. The van der Waals surface area contributed by atoms with E-state index in [2.05, 4.69) is 17.3 Å². The second-order valence-electron chi connectivity index (χ2n) is 2.47. The first kappa shape index (κ1) is 10.2. The molecular formula is C7H18N4. The highest BCUT2D eigenvalue weighted by Crippen LogP contribution is 1.91. The maximum Gasteiger partial charge on any atom is 0.207 e. The summed E-state index contributed by atoms with van der Waals surface area (Å²) in [5, 5.41) is 0. The van der Waals surface area contributed by atoms with Crippen molar-refractivity contribution < 1.29 is 0 Å². The zero-order valence-electron chi connectivity index (χ0n) is 7.59. The van der Waals surface area contributed by atoms with Crippen LogP contribution in [0.1, 0.15) is 19.8 Å². The molecule has 66 valence electrons. The van der Waals surface area contributed by atoms with Gasteiger partial charge in [-0.3, -0.25) is 10.4 Å². The lowest BCUT2D eigenvalue weighted by atomic mass is 10.3. The molecule has 0 radical (unpaired) electrons. The Hall–Kier alpha value is -0.770. The third kappa shape index (κ3) is 3.83. The maximum absolute atomic E-state index is 5.23. The van der Waals surface area contributed by atoms with Crippen molar-refractivity contribution in [1.29, 1.82) is 0 Å². The molecule has 4 heteroatoms. The van der Waals surface area contributed by atoms with Crippen molar-refractivity contribution in [1.82, 2.24) is 10.3 Å². The minimum Gasteiger partial charge on any atom is -0.345 e. The molecule has 0 fully saturated rings. The van der Waals surface area contributed by atoms with Gasteiger partial charge in [-0.1, -0.05) is 13.3 Å². The highest BCUT2D eigenvalue weighted by molar-refractivity contribution is 5.78. The molecule has 0 atom stereocenters. The van der Waals surface area contributed by atoms with Crippen LogP contribution in [-0.2, 0) is 0 Å². The molecule has 0 aliphatic rings. The van der Waals surface area contributed by atoms with Gasteiger partial charge in [-0.25, -0.2) is 5.84 Å². The first-order chi connectivity index (χ1) is 5.26. The number of nitrogens with one attached hydrogen (secondary N) is 1. The van der Waals surface area contributed by atoms with Gasteiger partial charge in [-0.2, -0.15) is 0 Å². The number of unbranched alkanes of at least 4 members (excludes halogenated alkanes) is 1. The second-order valence-corrected chi connectivity index (χ2v) is 2.47. The molecule has 0 aromatic carbocycles. The van der Waals surface area contributed by atoms with Gasteiger partial charge in [0.25, 0.3) is 0 Å². The molecule has 3 N–H and O–H groups in total. The van der Waals surface area contributed by atoms with Gasteiger partial charge in [-0.15, -0.1) is 0 Å². The highest BCUT2D eigenvalue weighted by Gasteiger charge is 2.00. The number of nitrogens with two attached hydrogens (primary N) is 1. The molecule has 0 unspecified atom stereocenters. The van der Waals surface area contributed by atoms with Crippen LogP contribution in [0.2, 0.25) is 0 Å². The van der Waals surface area contributed by atoms with Crippen molar-refractivity contribution in [2.75, 3.05) is 20.6 Å². The Kier molecular flexibility index (Phi) is 5.56. The number of hydrazine groups is 1. The van der Waals surface area contributed by atoms with Crippen LogP contribution in [0.25, 0.3) is 0 Å². The first-order valence-corrected chi connectivity index (χ1v) is 3.90. The summed E-state index contributed by atoms with van der Waals surface area (Å²) in [5.74, 6) is 5.97. The van der Waals surface area contributed by atoms with Crippen LogP contribution >= 0.6 is 0 Å². The molecule has 0 heterocycles. The average Bonchev–Trinajstić information content (AvgIpc) is 2.03. The first-order valence-electron chi connectivity index (χ1n) is 3.90. The lowest BCUT2D eigenvalue weighted by Crippen LogP contribution is -2.42. The summed E-state index contributed by atoms with van der Waals surface area (Å²) in [5.41, 5.74) is 2.54. The monoisotopic (exact) mass is 158 g/mol. The van der Waals surface area contributed by atoms with Crippen molar-refractivity contribution in [2.24, 2.45) is 10.8 Å². The smallest absolute Gasteiger partial charge is 0.207 e. The molecule has 4 nitrogen and oxygen atoms in total. The summed E-state index contributed by atoms with van der Waals surface area (Å²) in [4.78, 5) is 5.97. The van der Waals surface area contributed by atoms with E-state index in [1.165, 1.54) is 6.42 Å². The normalized spacial score (nSPS) is 11.5. The third-order valence-electron chi connectivity index (χ3n) is 1.55. The summed E-state index contributed by atoms with van der Waals surface area (Å²) in [6, 6.07) is 0. The molecule has 0 spiro atoms. The molecule has 0 amide bonds. The Morgan fingerprint density at radius 3 is 2.64 bits per heavy atom. The Morgan fingerprint density at radius 2 is 2.27 bits per heavy atom. The molecule has 0 aromatic heterocycles. The topological polar surface area (TPSA) is 53.6 Å². The van der Waals surface area contributed by atoms with E-state index in [1.54, 1.807) is 7.05 Å². The number of rotatable bonds is 3. The van der Waals surface area contributed by atoms with Crippen LogP contribution < -0.4 is 11.3 Å². The largest absolute Gasteiger partial charge is 0.345 e. The summed E-state index contributed by atoms with van der Waals surface area (Å²) >= 11 is 0. The number of guanidine groups is 1. The van der Waals surface area contributed by atoms with Crippen molar-refractivity contribution >= 4 is 5.96 Å². The zero-order chi connectivity index (χ0) is 8.69. The van der Waals surface area contributed by atoms with Crippen LogP contribution in [-0.4, -0.2) is 31.5 Å². The number of aliphatic imine (C=N–C) groups is 1. The standard InChI is InChI=1S/C7H18N4/c1-4-5-6-11(3)7(9-2)10-8/h4-6,8H2,1-3H3,(H,9,10). The van der Waals surface area contributed by atoms with E-state index >= 15 is 0 Å². The van der Waals surface area contributed by atoms with Crippen molar-refractivity contribution in [3.05, 3.63) is 0 Å². The molecular weight excluding hydrogens is 140 g/mol. The van der Waals surface area contributed by atoms with Crippen molar-refractivity contribution in [2.45, 2.75) is 19.8 Å². The lowest BCUT2D eigenvalue weighted by molar-refractivity contribution is 0.466. The van der Waals surface area contributed by atoms with Crippen molar-refractivity contribution in [3.8, 4) is 0 Å². The Bertz CT molecular complexity index is 122. The van der Waals surface area contributed by atoms with E-state index in [0.717, 1.165) is 18.9 Å². The Morgan fingerprint density at radius 1 is 1.64 bits per heavy atom. The van der Waals surface area contributed by atoms with Gasteiger partial charge in [0.1, 0.15) is 0 Å². The molecule has 0 rings (SSSR count). The highest BCUT2D eigenvalue weighted by atomic mass is 15.4. The predicted octanol–water partition coefficient (Wildman–Crippen LogP) is 0.167. The van der Waals surface area contributed by atoms with Gasteiger partial charge in [0.05, 0.1) is 0 Å². The predicted molar refractivity (Wildman–Crippen MR) is 48.2 cm³/mol. The SMILES string of the molecule is CCCCN(C)C(=NC)NN. The van der Waals surface area contributed by atoms with Gasteiger partial charge in [-0.05, 0) is 6.42 Å². The van der Waals surface area contributed by atoms with Crippen LogP contribution in [0, 0.1) is 0 Å². The summed E-state index contributed by atoms with van der Waals surface area (Å²) in [6.07, 6.45) is 2.35. The van der Waals surface area contributed by atoms with E-state index in [9.17, 15) is 0 Å². The maximum atomic E-state index is 5.23. The molecule has 0 aliphatic carbocycles. The van der Waals surface area contributed by atoms with Crippen molar-refractivity contribution in [3.63, 3.8) is 0 Å². The van der Waals surface area contributed by atoms with Gasteiger partial charge >= 0.3 is 0 Å². The van der Waals surface area contributed by atoms with Gasteiger partial charge in [0.2, 0.25) is 5.96 Å². The van der Waals surface area contributed by atoms with E-state index in [-0.39, 0.29) is 0 Å². The fourth-order valence-corrected chi connectivity index (χ4v) is 0.847. The number of nitrogens with zero attached hydrogens (tertiary/aromatic N) is 2. The van der Waals surface area contributed by atoms with E-state index in [0.29, 0.717) is 0 Å². The fourth-order valence-electron chi connectivity index (χ4n) is 0.847. The van der Waals surface area contributed by atoms with E-state index in [1.807, 2.05) is 11.9 Å². The van der Waals surface area contributed by atoms with E-state index < -0.39 is 0 Å². The van der Waals surface area contributed by atoms with Crippen LogP contribution in [0.4, 0.5) is 0 Å². The van der Waals surface area contributed by atoms with Gasteiger partial charge in [0.15, 0.2) is 0 Å². The quantitative estimate of drug-likeness (QED) is 0.266. The molecule has 11 heavy (non-hydrogen) atoms. The number of hydrogen-bond donors (Lipinski definition) is 2. The summed E-state index contributed by atoms with van der Waals surface area (Å²) < 4.78 is 0. The minimum atomic E-state index is 0.735. The summed E-state index contributed by atoms with van der Waals surface area (Å²) in [7, 11) is 3.69. The summed E-state index contributed by atoms with van der Waals surface area (Å²) in [6.45, 7) is 3.15. The zero-order valence-corrected chi connectivity index (χ0v) is 7.59.